The number of anilines is 1. The summed E-state index contributed by atoms with van der Waals surface area (Å²) in [4.78, 5) is 12.4. The molecule has 0 unspecified atom stereocenters. The maximum absolute atomic E-state index is 12.4. The van der Waals surface area contributed by atoms with Crippen LogP contribution >= 0.6 is 0 Å². The largest absolute Gasteiger partial charge is 0.489 e. The zero-order chi connectivity index (χ0) is 27.1. The number of ether oxygens (including phenoxy) is 1. The van der Waals surface area contributed by atoms with Crippen LogP contribution in [0.3, 0.4) is 0 Å². The number of nitrogens with zero attached hydrogens (tertiary/aromatic N) is 2. The summed E-state index contributed by atoms with van der Waals surface area (Å²) < 4.78 is 31.6. The highest BCUT2D eigenvalue weighted by atomic mass is 32.2. The summed E-state index contributed by atoms with van der Waals surface area (Å²) in [5.74, 6) is 0.486. The third-order valence-electron chi connectivity index (χ3n) is 6.04. The van der Waals surface area contributed by atoms with Gasteiger partial charge in [0.2, 0.25) is 10.0 Å². The number of sulfonamides is 1. The fraction of sp³-hybridized carbons (Fsp3) is 0.200. The van der Waals surface area contributed by atoms with E-state index in [4.69, 9.17) is 4.74 Å². The van der Waals surface area contributed by atoms with E-state index in [0.29, 0.717) is 24.0 Å². The van der Waals surface area contributed by atoms with Crippen LogP contribution in [0, 0.1) is 0 Å². The summed E-state index contributed by atoms with van der Waals surface area (Å²) in [5, 5.41) is 6.34. The molecule has 4 aromatic rings. The average Bonchev–Trinajstić information content (AvgIpc) is 2.90. The molecule has 0 bridgehead atoms. The van der Waals surface area contributed by atoms with Gasteiger partial charge in [0.1, 0.15) is 18.9 Å². The van der Waals surface area contributed by atoms with E-state index in [2.05, 4.69) is 54.7 Å². The van der Waals surface area contributed by atoms with E-state index in [0.717, 1.165) is 27.3 Å². The second kappa shape index (κ2) is 11.9. The van der Waals surface area contributed by atoms with Crippen molar-refractivity contribution in [1.82, 2.24) is 5.43 Å². The number of fused-ring (bicyclic) bond motifs is 1. The third kappa shape index (κ3) is 7.20. The Morgan fingerprint density at radius 2 is 1.63 bits per heavy atom. The molecule has 196 valence electrons. The lowest BCUT2D eigenvalue weighted by atomic mass is 10.0. The number of hydrogen-bond donors (Lipinski definition) is 1. The molecule has 7 nitrogen and oxygen atoms in total. The standard InChI is InChI=1S/C30H31N3O4S/c1-22(2)25-12-14-28(15-13-25)33(38(3,35)36)20-30(34)32-31-19-23-9-16-29(17-10-23)37-21-24-8-11-26-6-4-5-7-27(26)18-24/h4-19,22H,20-21H2,1-3H3,(H,32,34)/b31-19-. The van der Waals surface area contributed by atoms with Gasteiger partial charge in [-0.05, 0) is 75.8 Å². The molecule has 0 saturated heterocycles. The fourth-order valence-electron chi connectivity index (χ4n) is 3.92. The Morgan fingerprint density at radius 3 is 2.29 bits per heavy atom. The smallest absolute Gasteiger partial charge is 0.260 e. The van der Waals surface area contributed by atoms with E-state index in [1.54, 1.807) is 12.1 Å². The first-order valence-corrected chi connectivity index (χ1v) is 14.1. The molecule has 0 fully saturated rings. The van der Waals surface area contributed by atoms with E-state index in [9.17, 15) is 13.2 Å². The van der Waals surface area contributed by atoms with Gasteiger partial charge in [0.05, 0.1) is 18.2 Å². The van der Waals surface area contributed by atoms with Gasteiger partial charge < -0.3 is 4.74 Å². The summed E-state index contributed by atoms with van der Waals surface area (Å²) in [6.45, 7) is 4.19. The molecule has 0 saturated carbocycles. The first-order valence-electron chi connectivity index (χ1n) is 12.3. The Hall–Kier alpha value is -4.17. The van der Waals surface area contributed by atoms with Gasteiger partial charge in [-0.1, -0.05) is 62.4 Å². The van der Waals surface area contributed by atoms with Gasteiger partial charge >= 0.3 is 0 Å². The molecule has 0 spiro atoms. The van der Waals surface area contributed by atoms with Gasteiger partial charge in [-0.15, -0.1) is 0 Å². The Morgan fingerprint density at radius 1 is 0.947 bits per heavy atom. The maximum Gasteiger partial charge on any atom is 0.260 e. The quantitative estimate of drug-likeness (QED) is 0.218. The molecule has 0 radical (unpaired) electrons. The molecule has 1 amide bonds. The number of benzene rings is 4. The molecular weight excluding hydrogens is 498 g/mol. The predicted molar refractivity (Wildman–Crippen MR) is 153 cm³/mol. The van der Waals surface area contributed by atoms with Crippen molar-refractivity contribution in [3.05, 3.63) is 108 Å². The molecule has 0 atom stereocenters. The molecule has 0 aliphatic carbocycles. The first-order chi connectivity index (χ1) is 18.2. The van der Waals surface area contributed by atoms with Crippen molar-refractivity contribution in [2.24, 2.45) is 5.10 Å². The SMILES string of the molecule is CC(C)c1ccc(N(CC(=O)N/N=C\c2ccc(OCc3ccc4ccccc4c3)cc2)S(C)(=O)=O)cc1. The molecule has 4 rings (SSSR count). The van der Waals surface area contributed by atoms with Gasteiger partial charge in [0, 0.05) is 0 Å². The molecule has 8 heteroatoms. The molecule has 0 aliphatic rings. The lowest BCUT2D eigenvalue weighted by Crippen LogP contribution is -2.39. The Labute approximate surface area is 223 Å². The van der Waals surface area contributed by atoms with Crippen molar-refractivity contribution in [2.75, 3.05) is 17.1 Å². The molecular formula is C30H31N3O4S. The van der Waals surface area contributed by atoms with Crippen LogP contribution in [0.25, 0.3) is 10.8 Å². The highest BCUT2D eigenvalue weighted by Crippen LogP contribution is 2.22. The van der Waals surface area contributed by atoms with Crippen LogP contribution < -0.4 is 14.5 Å². The number of rotatable bonds is 10. The van der Waals surface area contributed by atoms with Crippen molar-refractivity contribution in [3.63, 3.8) is 0 Å². The zero-order valence-corrected chi connectivity index (χ0v) is 22.5. The molecule has 0 heterocycles. The van der Waals surface area contributed by atoms with Gasteiger partial charge in [-0.25, -0.2) is 13.8 Å². The van der Waals surface area contributed by atoms with Gasteiger partial charge in [-0.2, -0.15) is 5.10 Å². The van der Waals surface area contributed by atoms with E-state index in [1.165, 1.54) is 17.0 Å². The topological polar surface area (TPSA) is 88.1 Å². The van der Waals surface area contributed by atoms with Crippen LogP contribution in [0.15, 0.2) is 96.1 Å². The normalized spacial score (nSPS) is 11.7. The molecule has 4 aromatic carbocycles. The predicted octanol–water partition coefficient (Wildman–Crippen LogP) is 5.46. The highest BCUT2D eigenvalue weighted by molar-refractivity contribution is 7.92. The third-order valence-corrected chi connectivity index (χ3v) is 7.18. The van der Waals surface area contributed by atoms with Gasteiger partial charge in [-0.3, -0.25) is 9.10 Å². The Balaban J connectivity index is 1.31. The minimum Gasteiger partial charge on any atom is -0.489 e. The van der Waals surface area contributed by atoms with E-state index in [1.807, 2.05) is 48.5 Å². The van der Waals surface area contributed by atoms with Gasteiger partial charge in [0.15, 0.2) is 0 Å². The van der Waals surface area contributed by atoms with E-state index in [-0.39, 0.29) is 6.54 Å². The summed E-state index contributed by atoms with van der Waals surface area (Å²) >= 11 is 0. The number of hydrogen-bond acceptors (Lipinski definition) is 5. The first kappa shape index (κ1) is 26.9. The zero-order valence-electron chi connectivity index (χ0n) is 21.7. The Bertz CT molecular complexity index is 1530. The van der Waals surface area contributed by atoms with E-state index >= 15 is 0 Å². The van der Waals surface area contributed by atoms with Crippen LogP contribution in [0.2, 0.25) is 0 Å². The second-order valence-corrected chi connectivity index (χ2v) is 11.3. The number of carbonyl (C=O) groups is 1. The summed E-state index contributed by atoms with van der Waals surface area (Å²) in [7, 11) is -3.66. The molecule has 1 N–H and O–H groups in total. The minimum atomic E-state index is -3.66. The van der Waals surface area contributed by atoms with Crippen molar-refractivity contribution in [3.8, 4) is 5.75 Å². The highest BCUT2D eigenvalue weighted by Gasteiger charge is 2.20. The second-order valence-electron chi connectivity index (χ2n) is 9.35. The summed E-state index contributed by atoms with van der Waals surface area (Å²) in [6, 6.07) is 28.9. The lowest BCUT2D eigenvalue weighted by molar-refractivity contribution is -0.119. The number of nitrogens with one attached hydrogen (secondary N) is 1. The molecule has 0 aliphatic heterocycles. The number of hydrazone groups is 1. The summed E-state index contributed by atoms with van der Waals surface area (Å²) in [5.41, 5.74) is 5.75. The lowest BCUT2D eigenvalue weighted by Gasteiger charge is -2.21. The summed E-state index contributed by atoms with van der Waals surface area (Å²) in [6.07, 6.45) is 2.57. The minimum absolute atomic E-state index is 0.318. The van der Waals surface area contributed by atoms with Crippen LogP contribution in [0.5, 0.6) is 5.75 Å². The maximum atomic E-state index is 12.4. The van der Waals surface area contributed by atoms with Crippen molar-refractivity contribution >= 4 is 38.6 Å². The molecule has 0 aromatic heterocycles. The van der Waals surface area contributed by atoms with Crippen LogP contribution in [0.4, 0.5) is 5.69 Å². The fourth-order valence-corrected chi connectivity index (χ4v) is 4.77. The number of amides is 1. The Kier molecular flexibility index (Phi) is 8.43. The monoisotopic (exact) mass is 529 g/mol. The van der Waals surface area contributed by atoms with Crippen molar-refractivity contribution < 1.29 is 17.9 Å². The van der Waals surface area contributed by atoms with E-state index < -0.39 is 15.9 Å². The van der Waals surface area contributed by atoms with Crippen LogP contribution in [-0.2, 0) is 21.4 Å². The van der Waals surface area contributed by atoms with Crippen molar-refractivity contribution in [1.29, 1.82) is 0 Å². The average molecular weight is 530 g/mol. The molecule has 38 heavy (non-hydrogen) atoms. The number of carbonyl (C=O) groups excluding carboxylic acids is 1. The van der Waals surface area contributed by atoms with Crippen LogP contribution in [0.1, 0.15) is 36.5 Å². The van der Waals surface area contributed by atoms with Gasteiger partial charge in [0.25, 0.3) is 5.91 Å². The van der Waals surface area contributed by atoms with Crippen molar-refractivity contribution in [2.45, 2.75) is 26.4 Å². The van der Waals surface area contributed by atoms with Crippen LogP contribution in [-0.4, -0.2) is 33.3 Å².